The lowest BCUT2D eigenvalue weighted by molar-refractivity contribution is -0.149. The van der Waals surface area contributed by atoms with Crippen molar-refractivity contribution in [2.45, 2.75) is 25.8 Å². The Morgan fingerprint density at radius 1 is 1.37 bits per heavy atom. The van der Waals surface area contributed by atoms with E-state index in [-0.39, 0.29) is 31.6 Å². The Kier molecular flexibility index (Phi) is 5.53. The van der Waals surface area contributed by atoms with Crippen LogP contribution in [-0.2, 0) is 20.9 Å². The van der Waals surface area contributed by atoms with E-state index in [0.717, 1.165) is 18.4 Å². The molecule has 1 aromatic rings. The maximum absolute atomic E-state index is 12.5. The quantitative estimate of drug-likeness (QED) is 0.731. The number of nitrogens with one attached hydrogen (secondary N) is 1. The number of amides is 2. The number of carboxylic acid groups (broad SMARTS) is 1. The number of carboxylic acids is 1. The van der Waals surface area contributed by atoms with Crippen LogP contribution in [0, 0.1) is 11.3 Å². The predicted octanol–water partition coefficient (Wildman–Crippen LogP) is 1.63. The molecule has 2 aliphatic rings. The fraction of sp³-hybridized carbons (Fsp3) is 0.526. The molecule has 1 aliphatic heterocycles. The van der Waals surface area contributed by atoms with Crippen molar-refractivity contribution in [1.29, 1.82) is 0 Å². The highest BCUT2D eigenvalue weighted by atomic mass is 16.6. The standard InChI is InChI=1S/C19H24N2O6/c1-26-16(22)11-27-15-6-2-4-13(8-15)9-20-18(25)21-10-14-5-3-7-19(14,12-21)17(23)24/h2,4,6,8,14H,3,5,7,9-12H2,1H3,(H,20,25)(H,23,24)/t14-,19+/m0/s1. The Labute approximate surface area is 157 Å². The van der Waals surface area contributed by atoms with Crippen LogP contribution in [0.4, 0.5) is 4.79 Å². The fourth-order valence-corrected chi connectivity index (χ4v) is 4.03. The molecule has 1 saturated carbocycles. The number of nitrogens with zero attached hydrogens (tertiary/aromatic N) is 1. The summed E-state index contributed by atoms with van der Waals surface area (Å²) in [6, 6.07) is 6.80. The van der Waals surface area contributed by atoms with Gasteiger partial charge < -0.3 is 24.8 Å². The molecule has 0 bridgehead atoms. The van der Waals surface area contributed by atoms with Crippen LogP contribution in [0.5, 0.6) is 5.75 Å². The lowest BCUT2D eigenvalue weighted by atomic mass is 9.81. The summed E-state index contributed by atoms with van der Waals surface area (Å²) < 4.78 is 9.86. The highest BCUT2D eigenvalue weighted by Crippen LogP contribution is 2.48. The second-order valence-corrected chi connectivity index (χ2v) is 7.10. The third-order valence-electron chi connectivity index (χ3n) is 5.51. The molecule has 2 N–H and O–H groups in total. The van der Waals surface area contributed by atoms with Crippen molar-refractivity contribution >= 4 is 18.0 Å². The highest BCUT2D eigenvalue weighted by Gasteiger charge is 2.55. The Morgan fingerprint density at radius 3 is 2.89 bits per heavy atom. The summed E-state index contributed by atoms with van der Waals surface area (Å²) in [6.45, 7) is 0.857. The van der Waals surface area contributed by atoms with Crippen LogP contribution in [-0.4, -0.2) is 54.8 Å². The number of carbonyl (C=O) groups is 3. The van der Waals surface area contributed by atoms with Crippen molar-refractivity contribution in [2.75, 3.05) is 26.8 Å². The van der Waals surface area contributed by atoms with Crippen LogP contribution in [0.3, 0.4) is 0 Å². The van der Waals surface area contributed by atoms with Crippen LogP contribution in [0.15, 0.2) is 24.3 Å². The molecule has 1 heterocycles. The third-order valence-corrected chi connectivity index (χ3v) is 5.51. The van der Waals surface area contributed by atoms with Gasteiger partial charge in [0.15, 0.2) is 6.61 Å². The van der Waals surface area contributed by atoms with E-state index in [1.165, 1.54) is 7.11 Å². The number of rotatable bonds is 6. The van der Waals surface area contributed by atoms with E-state index in [2.05, 4.69) is 10.1 Å². The molecule has 8 heteroatoms. The average molecular weight is 376 g/mol. The van der Waals surface area contributed by atoms with Gasteiger partial charge in [0.25, 0.3) is 0 Å². The van der Waals surface area contributed by atoms with Gasteiger partial charge in [-0.15, -0.1) is 0 Å². The number of fused-ring (bicyclic) bond motifs is 1. The first-order chi connectivity index (χ1) is 12.9. The first-order valence-corrected chi connectivity index (χ1v) is 8.99. The second kappa shape index (κ2) is 7.85. The Bertz CT molecular complexity index is 737. The molecular formula is C19H24N2O6. The van der Waals surface area contributed by atoms with E-state index in [9.17, 15) is 19.5 Å². The summed E-state index contributed by atoms with van der Waals surface area (Å²) >= 11 is 0. The van der Waals surface area contributed by atoms with Gasteiger partial charge in [0.1, 0.15) is 5.75 Å². The molecule has 0 spiro atoms. The highest BCUT2D eigenvalue weighted by molar-refractivity contribution is 5.80. The van der Waals surface area contributed by atoms with E-state index in [1.807, 2.05) is 6.07 Å². The molecule has 1 saturated heterocycles. The van der Waals surface area contributed by atoms with Gasteiger partial charge in [0.05, 0.1) is 12.5 Å². The van der Waals surface area contributed by atoms with E-state index in [4.69, 9.17) is 4.74 Å². The largest absolute Gasteiger partial charge is 0.482 e. The number of urea groups is 1. The Balaban J connectivity index is 1.54. The molecule has 2 atom stereocenters. The van der Waals surface area contributed by atoms with Crippen LogP contribution in [0.1, 0.15) is 24.8 Å². The van der Waals surface area contributed by atoms with Crippen LogP contribution in [0.25, 0.3) is 0 Å². The fourth-order valence-electron chi connectivity index (χ4n) is 4.03. The van der Waals surface area contributed by atoms with E-state index < -0.39 is 17.4 Å². The van der Waals surface area contributed by atoms with Crippen molar-refractivity contribution in [3.8, 4) is 5.75 Å². The SMILES string of the molecule is COC(=O)COc1cccc(CNC(=O)N2C[C@@H]3CCC[C@@]3(C(=O)O)C2)c1. The average Bonchev–Trinajstić information content (AvgIpc) is 3.23. The lowest BCUT2D eigenvalue weighted by Crippen LogP contribution is -2.41. The molecule has 0 aromatic heterocycles. The summed E-state index contributed by atoms with van der Waals surface area (Å²) in [6.07, 6.45) is 2.40. The molecule has 2 fully saturated rings. The number of methoxy groups -OCH3 is 1. The van der Waals surface area contributed by atoms with Crippen molar-refractivity contribution in [2.24, 2.45) is 11.3 Å². The van der Waals surface area contributed by atoms with E-state index >= 15 is 0 Å². The zero-order chi connectivity index (χ0) is 19.4. The molecule has 0 radical (unpaired) electrons. The van der Waals surface area contributed by atoms with Gasteiger partial charge in [-0.1, -0.05) is 18.6 Å². The molecule has 27 heavy (non-hydrogen) atoms. The van der Waals surface area contributed by atoms with Gasteiger partial charge in [-0.3, -0.25) is 4.79 Å². The monoisotopic (exact) mass is 376 g/mol. The van der Waals surface area contributed by atoms with E-state index in [0.29, 0.717) is 18.7 Å². The number of likely N-dealkylation sites (tertiary alicyclic amines) is 1. The minimum Gasteiger partial charge on any atom is -0.482 e. The van der Waals surface area contributed by atoms with Crippen LogP contribution in [0.2, 0.25) is 0 Å². The number of esters is 1. The van der Waals surface area contributed by atoms with Crippen LogP contribution < -0.4 is 10.1 Å². The van der Waals surface area contributed by atoms with Crippen molar-refractivity contribution in [3.05, 3.63) is 29.8 Å². The summed E-state index contributed by atoms with van der Waals surface area (Å²) in [5, 5.41) is 12.5. The normalized spacial score (nSPS) is 23.6. The second-order valence-electron chi connectivity index (χ2n) is 7.10. The van der Waals surface area contributed by atoms with Crippen molar-refractivity contribution in [3.63, 3.8) is 0 Å². The summed E-state index contributed by atoms with van der Waals surface area (Å²) in [5.74, 6) is -0.722. The van der Waals surface area contributed by atoms with Gasteiger partial charge in [-0.25, -0.2) is 9.59 Å². The molecular weight excluding hydrogens is 352 g/mol. The molecule has 8 nitrogen and oxygen atoms in total. The topological polar surface area (TPSA) is 105 Å². The van der Waals surface area contributed by atoms with Gasteiger partial charge in [0, 0.05) is 19.6 Å². The molecule has 2 amide bonds. The first-order valence-electron chi connectivity index (χ1n) is 8.99. The minimum absolute atomic E-state index is 0.0378. The molecule has 1 aromatic carbocycles. The maximum atomic E-state index is 12.5. The van der Waals surface area contributed by atoms with Crippen molar-refractivity contribution in [1.82, 2.24) is 10.2 Å². The summed E-state index contributed by atoms with van der Waals surface area (Å²) in [7, 11) is 1.29. The zero-order valence-electron chi connectivity index (χ0n) is 15.3. The van der Waals surface area contributed by atoms with Gasteiger partial charge in [-0.05, 0) is 36.5 Å². The summed E-state index contributed by atoms with van der Waals surface area (Å²) in [5.41, 5.74) is 0.0389. The zero-order valence-corrected chi connectivity index (χ0v) is 15.3. The van der Waals surface area contributed by atoms with Gasteiger partial charge in [-0.2, -0.15) is 0 Å². The minimum atomic E-state index is -0.796. The number of aliphatic carboxylic acids is 1. The molecule has 146 valence electrons. The third kappa shape index (κ3) is 3.99. The smallest absolute Gasteiger partial charge is 0.343 e. The number of benzene rings is 1. The Morgan fingerprint density at radius 2 is 2.19 bits per heavy atom. The summed E-state index contributed by atoms with van der Waals surface area (Å²) in [4.78, 5) is 36.9. The van der Waals surface area contributed by atoms with E-state index in [1.54, 1.807) is 23.1 Å². The number of hydrogen-bond acceptors (Lipinski definition) is 5. The maximum Gasteiger partial charge on any atom is 0.343 e. The van der Waals surface area contributed by atoms with Crippen LogP contribution >= 0.6 is 0 Å². The predicted molar refractivity (Wildman–Crippen MR) is 95.2 cm³/mol. The number of hydrogen-bond donors (Lipinski definition) is 2. The van der Waals surface area contributed by atoms with Gasteiger partial charge >= 0.3 is 18.0 Å². The van der Waals surface area contributed by atoms with Crippen molar-refractivity contribution < 1.29 is 29.0 Å². The Hall–Kier alpha value is -2.77. The molecule has 0 unspecified atom stereocenters. The molecule has 3 rings (SSSR count). The lowest BCUT2D eigenvalue weighted by Gasteiger charge is -2.23. The van der Waals surface area contributed by atoms with Gasteiger partial charge in [0.2, 0.25) is 0 Å². The number of ether oxygens (including phenoxy) is 2. The molecule has 1 aliphatic carbocycles. The number of carbonyl (C=O) groups excluding carboxylic acids is 2. The first kappa shape index (κ1) is 19.0.